The Kier molecular flexibility index (Phi) is 6.16. The summed E-state index contributed by atoms with van der Waals surface area (Å²) in [5, 5.41) is 2.26. The van der Waals surface area contributed by atoms with Gasteiger partial charge in [0, 0.05) is 26.2 Å². The number of carbonyl (C=O) groups excluding carboxylic acids is 2. The van der Waals surface area contributed by atoms with Crippen molar-refractivity contribution >= 4 is 22.0 Å². The second-order valence-electron chi connectivity index (χ2n) is 6.96. The minimum absolute atomic E-state index is 0.184. The second-order valence-corrected chi connectivity index (χ2v) is 8.83. The molecule has 0 spiro atoms. The van der Waals surface area contributed by atoms with Crippen LogP contribution in [-0.4, -0.2) is 62.3 Å². The van der Waals surface area contributed by atoms with Crippen molar-refractivity contribution in [2.24, 2.45) is 5.73 Å². The molecule has 1 saturated heterocycles. The molecule has 1 aromatic carbocycles. The number of piperazine rings is 1. The maximum Gasteiger partial charge on any atom is 0.312 e. The van der Waals surface area contributed by atoms with Gasteiger partial charge in [-0.15, -0.1) is 0 Å². The highest BCUT2D eigenvalue weighted by Gasteiger charge is 2.33. The maximum absolute atomic E-state index is 13.3. The Morgan fingerprint density at radius 2 is 1.33 bits per heavy atom. The molecule has 1 aliphatic heterocycles. The fourth-order valence-corrected chi connectivity index (χ4v) is 5.42. The summed E-state index contributed by atoms with van der Waals surface area (Å²) in [7, 11) is -3.65. The van der Waals surface area contributed by atoms with Crippen LogP contribution in [0.3, 0.4) is 0 Å². The molecule has 1 heterocycles. The van der Waals surface area contributed by atoms with E-state index in [4.69, 9.17) is 5.73 Å². The van der Waals surface area contributed by atoms with E-state index >= 15 is 0 Å². The molecule has 0 aliphatic carbocycles. The SMILES string of the molecule is Cc1c(C)c(C)c(S(=O)(=O)N2CCN(C(=O)CNC(N)=O)CC2)c(C)c1C. The molecule has 0 aromatic heterocycles. The molecule has 1 fully saturated rings. The topological polar surface area (TPSA) is 113 Å². The smallest absolute Gasteiger partial charge is 0.312 e. The van der Waals surface area contributed by atoms with Gasteiger partial charge in [0.05, 0.1) is 11.4 Å². The molecule has 0 saturated carbocycles. The number of sulfonamides is 1. The van der Waals surface area contributed by atoms with Gasteiger partial charge in [-0.3, -0.25) is 4.79 Å². The van der Waals surface area contributed by atoms with Gasteiger partial charge in [0.1, 0.15) is 0 Å². The standard InChI is InChI=1S/C18H28N4O4S/c1-11-12(2)14(4)17(15(5)13(11)3)27(25,26)22-8-6-21(7-9-22)16(23)10-20-18(19)24/h6-10H2,1-5H3,(H3,19,20,24). The van der Waals surface area contributed by atoms with Crippen molar-refractivity contribution in [2.45, 2.75) is 39.5 Å². The molecule has 3 N–H and O–H groups in total. The zero-order valence-electron chi connectivity index (χ0n) is 16.5. The summed E-state index contributed by atoms with van der Waals surface area (Å²) in [6.45, 7) is 10.4. The van der Waals surface area contributed by atoms with Crippen molar-refractivity contribution in [1.29, 1.82) is 0 Å². The van der Waals surface area contributed by atoms with E-state index in [9.17, 15) is 18.0 Å². The van der Waals surface area contributed by atoms with Crippen LogP contribution in [-0.2, 0) is 14.8 Å². The van der Waals surface area contributed by atoms with E-state index in [1.807, 2.05) is 34.6 Å². The third kappa shape index (κ3) is 4.08. The van der Waals surface area contributed by atoms with Crippen LogP contribution in [0, 0.1) is 34.6 Å². The molecule has 0 atom stereocenters. The predicted molar refractivity (Wildman–Crippen MR) is 103 cm³/mol. The van der Waals surface area contributed by atoms with Crippen LogP contribution in [0.2, 0.25) is 0 Å². The maximum atomic E-state index is 13.3. The average molecular weight is 397 g/mol. The van der Waals surface area contributed by atoms with E-state index in [0.29, 0.717) is 4.90 Å². The number of urea groups is 1. The number of benzene rings is 1. The molecule has 8 nitrogen and oxygen atoms in total. The van der Waals surface area contributed by atoms with Crippen LogP contribution in [0.4, 0.5) is 4.79 Å². The molecular formula is C18H28N4O4S. The molecule has 9 heteroatoms. The number of hydrogen-bond donors (Lipinski definition) is 2. The summed E-state index contributed by atoms with van der Waals surface area (Å²) < 4.78 is 28.0. The number of nitrogens with two attached hydrogens (primary N) is 1. The van der Waals surface area contributed by atoms with E-state index < -0.39 is 16.1 Å². The van der Waals surface area contributed by atoms with Crippen molar-refractivity contribution in [2.75, 3.05) is 32.7 Å². The minimum atomic E-state index is -3.65. The van der Waals surface area contributed by atoms with Crippen LogP contribution >= 0.6 is 0 Å². The molecule has 1 aromatic rings. The van der Waals surface area contributed by atoms with Crippen LogP contribution in [0.5, 0.6) is 0 Å². The van der Waals surface area contributed by atoms with Gasteiger partial charge in [-0.25, -0.2) is 13.2 Å². The quantitative estimate of drug-likeness (QED) is 0.781. The number of hydrogen-bond acceptors (Lipinski definition) is 4. The first kappa shape index (κ1) is 21.2. The molecular weight excluding hydrogens is 368 g/mol. The monoisotopic (exact) mass is 396 g/mol. The van der Waals surface area contributed by atoms with Gasteiger partial charge >= 0.3 is 6.03 Å². The highest BCUT2D eigenvalue weighted by Crippen LogP contribution is 2.31. The summed E-state index contributed by atoms with van der Waals surface area (Å²) in [6.07, 6.45) is 0. The fraction of sp³-hybridized carbons (Fsp3) is 0.556. The Hall–Kier alpha value is -2.13. The van der Waals surface area contributed by atoms with E-state index in [2.05, 4.69) is 5.32 Å². The lowest BCUT2D eigenvalue weighted by molar-refractivity contribution is -0.131. The lowest BCUT2D eigenvalue weighted by Gasteiger charge is -2.35. The first-order chi connectivity index (χ1) is 12.5. The third-order valence-corrected chi connectivity index (χ3v) is 7.71. The predicted octanol–water partition coefficient (Wildman–Crippen LogP) is 0.730. The molecule has 1 aliphatic rings. The van der Waals surface area contributed by atoms with Crippen LogP contribution < -0.4 is 11.1 Å². The largest absolute Gasteiger partial charge is 0.352 e. The van der Waals surface area contributed by atoms with E-state index in [0.717, 1.165) is 27.8 Å². The molecule has 0 radical (unpaired) electrons. The van der Waals surface area contributed by atoms with Crippen LogP contribution in [0.1, 0.15) is 27.8 Å². The van der Waals surface area contributed by atoms with Crippen molar-refractivity contribution < 1.29 is 18.0 Å². The Morgan fingerprint density at radius 3 is 1.78 bits per heavy atom. The lowest BCUT2D eigenvalue weighted by Crippen LogP contribution is -2.53. The van der Waals surface area contributed by atoms with Crippen molar-refractivity contribution in [3.63, 3.8) is 0 Å². The summed E-state index contributed by atoms with van der Waals surface area (Å²) in [6, 6.07) is -0.763. The normalized spacial score (nSPS) is 15.7. The molecule has 150 valence electrons. The summed E-state index contributed by atoms with van der Waals surface area (Å²) in [5.74, 6) is -0.278. The first-order valence-corrected chi connectivity index (χ1v) is 10.3. The van der Waals surface area contributed by atoms with E-state index in [-0.39, 0.29) is 38.6 Å². The number of rotatable bonds is 4. The fourth-order valence-electron chi connectivity index (χ4n) is 3.43. The van der Waals surface area contributed by atoms with Gasteiger partial charge in [-0.1, -0.05) is 0 Å². The molecule has 27 heavy (non-hydrogen) atoms. The number of carbonyl (C=O) groups is 2. The molecule has 0 unspecified atom stereocenters. The number of amides is 3. The Morgan fingerprint density at radius 1 is 0.889 bits per heavy atom. The van der Waals surface area contributed by atoms with Crippen molar-refractivity contribution in [1.82, 2.24) is 14.5 Å². The number of nitrogens with zero attached hydrogens (tertiary/aromatic N) is 2. The number of nitrogens with one attached hydrogen (secondary N) is 1. The van der Waals surface area contributed by atoms with Gasteiger partial charge in [-0.05, 0) is 62.4 Å². The Balaban J connectivity index is 2.21. The van der Waals surface area contributed by atoms with Gasteiger partial charge in [0.15, 0.2) is 0 Å². The summed E-state index contributed by atoms with van der Waals surface area (Å²) in [4.78, 5) is 24.7. The molecule has 2 rings (SSSR count). The highest BCUT2D eigenvalue weighted by molar-refractivity contribution is 7.89. The van der Waals surface area contributed by atoms with E-state index in [1.165, 1.54) is 9.21 Å². The van der Waals surface area contributed by atoms with Gasteiger partial charge in [0.2, 0.25) is 15.9 Å². The van der Waals surface area contributed by atoms with Gasteiger partial charge < -0.3 is 16.0 Å². The van der Waals surface area contributed by atoms with Gasteiger partial charge in [0.25, 0.3) is 0 Å². The highest BCUT2D eigenvalue weighted by atomic mass is 32.2. The zero-order chi connectivity index (χ0) is 20.5. The Labute approximate surface area is 160 Å². The van der Waals surface area contributed by atoms with Crippen LogP contribution in [0.25, 0.3) is 0 Å². The van der Waals surface area contributed by atoms with Gasteiger partial charge in [-0.2, -0.15) is 4.31 Å². The summed E-state index contributed by atoms with van der Waals surface area (Å²) in [5.41, 5.74) is 9.61. The van der Waals surface area contributed by atoms with E-state index in [1.54, 1.807) is 0 Å². The average Bonchev–Trinajstić information content (AvgIpc) is 2.62. The lowest BCUT2D eigenvalue weighted by atomic mass is 9.95. The molecule has 3 amide bonds. The zero-order valence-corrected chi connectivity index (χ0v) is 17.4. The molecule has 0 bridgehead atoms. The Bertz CT molecular complexity index is 843. The number of primary amides is 1. The summed E-state index contributed by atoms with van der Waals surface area (Å²) >= 11 is 0. The van der Waals surface area contributed by atoms with Crippen molar-refractivity contribution in [3.8, 4) is 0 Å². The first-order valence-electron chi connectivity index (χ1n) is 8.86. The third-order valence-electron chi connectivity index (χ3n) is 5.53. The second kappa shape index (κ2) is 7.85. The van der Waals surface area contributed by atoms with Crippen molar-refractivity contribution in [3.05, 3.63) is 27.8 Å². The van der Waals surface area contributed by atoms with Crippen LogP contribution in [0.15, 0.2) is 4.90 Å². The minimum Gasteiger partial charge on any atom is -0.352 e.